The molecular formula is C27H22FN5. The molecule has 1 N–H and O–H groups in total. The van der Waals surface area contributed by atoms with Crippen molar-refractivity contribution in [2.24, 2.45) is 0 Å². The van der Waals surface area contributed by atoms with Gasteiger partial charge in [0.1, 0.15) is 11.6 Å². The fourth-order valence-corrected chi connectivity index (χ4v) is 3.87. The molecule has 33 heavy (non-hydrogen) atoms. The molecule has 0 bridgehead atoms. The predicted octanol–water partition coefficient (Wildman–Crippen LogP) is 6.12. The maximum atomic E-state index is 14.8. The second kappa shape index (κ2) is 8.74. The van der Waals surface area contributed by atoms with Gasteiger partial charge in [-0.3, -0.25) is 15.0 Å². The number of aromatic nitrogens is 4. The average molecular weight is 436 g/mol. The summed E-state index contributed by atoms with van der Waals surface area (Å²) in [5.41, 5.74) is 5.93. The number of nitrogens with zero attached hydrogens (tertiary/aromatic N) is 4. The highest BCUT2D eigenvalue weighted by atomic mass is 19.1. The monoisotopic (exact) mass is 435 g/mol. The standard InChI is InChI=1S/C27H22FN5/c1-17-11-20(5-8-29-17)23-4-3-19(13-25(23)28)15-33-27-24-16-32-26(14-21(24)6-10-31-27)22-7-9-30-18(2)12-22/h3-14,16H,15H2,1-2H3,(H,31,33). The number of anilines is 1. The molecule has 0 saturated heterocycles. The molecule has 0 unspecified atom stereocenters. The average Bonchev–Trinajstić information content (AvgIpc) is 2.82. The van der Waals surface area contributed by atoms with E-state index in [1.54, 1.807) is 24.7 Å². The van der Waals surface area contributed by atoms with E-state index in [4.69, 9.17) is 0 Å². The van der Waals surface area contributed by atoms with Gasteiger partial charge in [0.25, 0.3) is 0 Å². The lowest BCUT2D eigenvalue weighted by Crippen LogP contribution is -2.03. The summed E-state index contributed by atoms with van der Waals surface area (Å²) >= 11 is 0. The molecule has 0 radical (unpaired) electrons. The van der Waals surface area contributed by atoms with E-state index in [0.29, 0.717) is 17.9 Å². The van der Waals surface area contributed by atoms with Gasteiger partial charge in [-0.15, -0.1) is 0 Å². The van der Waals surface area contributed by atoms with Crippen molar-refractivity contribution < 1.29 is 4.39 Å². The van der Waals surface area contributed by atoms with E-state index < -0.39 is 0 Å². The molecule has 0 aliphatic heterocycles. The van der Waals surface area contributed by atoms with Crippen LogP contribution in [0, 0.1) is 19.7 Å². The molecule has 5 aromatic rings. The molecule has 1 aromatic carbocycles. The Kier molecular flexibility index (Phi) is 5.48. The van der Waals surface area contributed by atoms with Crippen LogP contribution in [0.2, 0.25) is 0 Å². The first-order chi connectivity index (χ1) is 16.1. The van der Waals surface area contributed by atoms with E-state index in [0.717, 1.165) is 44.5 Å². The zero-order valence-corrected chi connectivity index (χ0v) is 18.4. The Balaban J connectivity index is 1.38. The third-order valence-corrected chi connectivity index (χ3v) is 5.54. The summed E-state index contributed by atoms with van der Waals surface area (Å²) < 4.78 is 14.8. The van der Waals surface area contributed by atoms with Crippen molar-refractivity contribution in [2.75, 3.05) is 5.32 Å². The highest BCUT2D eigenvalue weighted by molar-refractivity contribution is 5.93. The number of rotatable bonds is 5. The molecule has 0 spiro atoms. The molecule has 5 rings (SSSR count). The van der Waals surface area contributed by atoms with Crippen molar-refractivity contribution >= 4 is 16.6 Å². The first-order valence-electron chi connectivity index (χ1n) is 10.7. The molecule has 0 fully saturated rings. The van der Waals surface area contributed by atoms with Crippen LogP contribution in [0.3, 0.4) is 0 Å². The molecule has 4 aromatic heterocycles. The van der Waals surface area contributed by atoms with Gasteiger partial charge in [-0.2, -0.15) is 0 Å². The van der Waals surface area contributed by atoms with Crippen LogP contribution >= 0.6 is 0 Å². The largest absolute Gasteiger partial charge is 0.365 e. The Morgan fingerprint density at radius 3 is 2.24 bits per heavy atom. The van der Waals surface area contributed by atoms with Crippen molar-refractivity contribution in [2.45, 2.75) is 20.4 Å². The minimum atomic E-state index is -0.260. The van der Waals surface area contributed by atoms with Crippen LogP contribution in [0.5, 0.6) is 0 Å². The Labute approximate surface area is 191 Å². The highest BCUT2D eigenvalue weighted by Gasteiger charge is 2.09. The Bertz CT molecular complexity index is 1460. The van der Waals surface area contributed by atoms with Crippen LogP contribution in [0.25, 0.3) is 33.2 Å². The molecule has 0 aliphatic carbocycles. The van der Waals surface area contributed by atoms with Crippen LogP contribution in [0.1, 0.15) is 17.0 Å². The lowest BCUT2D eigenvalue weighted by Gasteiger charge is -2.11. The van der Waals surface area contributed by atoms with E-state index in [1.165, 1.54) is 0 Å². The number of benzene rings is 1. The van der Waals surface area contributed by atoms with E-state index in [2.05, 4.69) is 25.3 Å². The summed E-state index contributed by atoms with van der Waals surface area (Å²) in [7, 11) is 0. The van der Waals surface area contributed by atoms with Crippen LogP contribution in [0.4, 0.5) is 10.2 Å². The van der Waals surface area contributed by atoms with Gasteiger partial charge >= 0.3 is 0 Å². The Hall–Kier alpha value is -4.19. The third-order valence-electron chi connectivity index (χ3n) is 5.54. The molecule has 0 atom stereocenters. The number of aryl methyl sites for hydroxylation is 2. The molecular weight excluding hydrogens is 413 g/mol. The molecule has 0 amide bonds. The van der Waals surface area contributed by atoms with Gasteiger partial charge in [0.2, 0.25) is 0 Å². The van der Waals surface area contributed by atoms with Gasteiger partial charge in [0.15, 0.2) is 0 Å². The van der Waals surface area contributed by atoms with Gasteiger partial charge < -0.3 is 5.32 Å². The Morgan fingerprint density at radius 1 is 0.758 bits per heavy atom. The second-order valence-electron chi connectivity index (χ2n) is 7.99. The van der Waals surface area contributed by atoms with Gasteiger partial charge in [-0.1, -0.05) is 12.1 Å². The number of nitrogens with one attached hydrogen (secondary N) is 1. The normalized spacial score (nSPS) is 11.0. The number of pyridine rings is 4. The molecule has 0 aliphatic rings. The van der Waals surface area contributed by atoms with E-state index in [9.17, 15) is 4.39 Å². The minimum absolute atomic E-state index is 0.260. The van der Waals surface area contributed by atoms with Crippen molar-refractivity contribution in [3.63, 3.8) is 0 Å². The van der Waals surface area contributed by atoms with Crippen LogP contribution in [-0.4, -0.2) is 19.9 Å². The Morgan fingerprint density at radius 2 is 1.48 bits per heavy atom. The van der Waals surface area contributed by atoms with Gasteiger partial charge in [0.05, 0.1) is 5.69 Å². The first-order valence-corrected chi connectivity index (χ1v) is 10.7. The number of hydrogen-bond acceptors (Lipinski definition) is 5. The van der Waals surface area contributed by atoms with Gasteiger partial charge in [0, 0.05) is 59.2 Å². The summed E-state index contributed by atoms with van der Waals surface area (Å²) in [5, 5.41) is 5.27. The highest BCUT2D eigenvalue weighted by Crippen LogP contribution is 2.27. The van der Waals surface area contributed by atoms with E-state index in [1.807, 2.05) is 68.6 Å². The van der Waals surface area contributed by atoms with Gasteiger partial charge in [-0.05, 0) is 72.8 Å². The quantitative estimate of drug-likeness (QED) is 0.360. The van der Waals surface area contributed by atoms with Crippen molar-refractivity contribution in [3.05, 3.63) is 102 Å². The molecule has 0 saturated carbocycles. The van der Waals surface area contributed by atoms with Crippen LogP contribution < -0.4 is 5.32 Å². The van der Waals surface area contributed by atoms with Crippen LogP contribution in [0.15, 0.2) is 79.4 Å². The second-order valence-corrected chi connectivity index (χ2v) is 7.99. The molecule has 162 valence electrons. The predicted molar refractivity (Wildman–Crippen MR) is 129 cm³/mol. The summed E-state index contributed by atoms with van der Waals surface area (Å²) in [5.74, 6) is 0.455. The molecule has 5 nitrogen and oxygen atoms in total. The summed E-state index contributed by atoms with van der Waals surface area (Å²) in [6.07, 6.45) is 7.07. The zero-order chi connectivity index (χ0) is 22.8. The van der Waals surface area contributed by atoms with Crippen LogP contribution in [-0.2, 0) is 6.54 Å². The zero-order valence-electron chi connectivity index (χ0n) is 18.4. The third kappa shape index (κ3) is 4.41. The fraction of sp³-hybridized carbons (Fsp3) is 0.111. The van der Waals surface area contributed by atoms with E-state index >= 15 is 0 Å². The number of halogens is 1. The number of fused-ring (bicyclic) bond motifs is 1. The SMILES string of the molecule is Cc1cc(-c2cc3ccnc(NCc4ccc(-c5ccnc(C)c5)c(F)c4)c3cn2)ccn1. The molecule has 4 heterocycles. The maximum absolute atomic E-state index is 14.8. The topological polar surface area (TPSA) is 63.6 Å². The maximum Gasteiger partial charge on any atom is 0.135 e. The minimum Gasteiger partial charge on any atom is -0.365 e. The van der Waals surface area contributed by atoms with Crippen molar-refractivity contribution in [1.82, 2.24) is 19.9 Å². The first kappa shape index (κ1) is 20.7. The van der Waals surface area contributed by atoms with Gasteiger partial charge in [-0.25, -0.2) is 9.37 Å². The van der Waals surface area contributed by atoms with Crippen molar-refractivity contribution in [1.29, 1.82) is 0 Å². The fourth-order valence-electron chi connectivity index (χ4n) is 3.87. The summed E-state index contributed by atoms with van der Waals surface area (Å²) in [4.78, 5) is 17.5. The van der Waals surface area contributed by atoms with E-state index in [-0.39, 0.29) is 5.82 Å². The molecule has 6 heteroatoms. The lowest BCUT2D eigenvalue weighted by molar-refractivity contribution is 0.629. The summed E-state index contributed by atoms with van der Waals surface area (Å²) in [6, 6.07) is 17.0. The smallest absolute Gasteiger partial charge is 0.135 e. The lowest BCUT2D eigenvalue weighted by atomic mass is 10.0. The summed E-state index contributed by atoms with van der Waals surface area (Å²) in [6.45, 7) is 4.31. The van der Waals surface area contributed by atoms with Crippen molar-refractivity contribution in [3.8, 4) is 22.4 Å². The number of hydrogen-bond donors (Lipinski definition) is 1.